The third kappa shape index (κ3) is 4.61. The number of fused-ring (bicyclic) bond motifs is 1. The number of carbonyl (C=O) groups excluding carboxylic acids is 3. The summed E-state index contributed by atoms with van der Waals surface area (Å²) < 4.78 is 12.1. The maximum absolute atomic E-state index is 14.8. The second kappa shape index (κ2) is 10.9. The number of nitrogens with zero attached hydrogens (tertiary/aromatic N) is 2. The van der Waals surface area contributed by atoms with E-state index in [1.165, 1.54) is 11.0 Å². The van der Waals surface area contributed by atoms with Crippen LogP contribution in [0.4, 0.5) is 5.69 Å². The zero-order valence-electron chi connectivity index (χ0n) is 23.8. The van der Waals surface area contributed by atoms with Gasteiger partial charge in [-0.25, -0.2) is 0 Å². The number of benzene rings is 1. The molecule has 0 saturated carbocycles. The summed E-state index contributed by atoms with van der Waals surface area (Å²) in [6.07, 6.45) is 4.62. The van der Waals surface area contributed by atoms with E-state index in [0.717, 1.165) is 16.8 Å². The van der Waals surface area contributed by atoms with Crippen molar-refractivity contribution in [2.24, 2.45) is 17.8 Å². The Hall–Kier alpha value is -2.97. The standard InChI is InChI=1S/C31H42N2O6/c1-8-15-32(25-20(5)11-10-12-21(25)6)28(36)26-31-14-13-30(7,39-31)24(29(37)38-16-9-2)23(31)27(35)33(26)22(18-34)17-19(3)4/h8-12,19,22-24,26,34H,1-2,13-18H2,3-7H3/t22-,23+,24+,26?,30-,31?/m1/s1. The molecule has 0 radical (unpaired) electrons. The Morgan fingerprint density at radius 3 is 2.46 bits per heavy atom. The van der Waals surface area contributed by atoms with Gasteiger partial charge in [0.1, 0.15) is 24.2 Å². The number of para-hydroxylation sites is 1. The van der Waals surface area contributed by atoms with Crippen LogP contribution in [0.3, 0.4) is 0 Å². The highest BCUT2D eigenvalue weighted by atomic mass is 16.6. The maximum Gasteiger partial charge on any atom is 0.313 e. The number of anilines is 1. The number of ether oxygens (including phenoxy) is 2. The fraction of sp³-hybridized carbons (Fsp3) is 0.581. The van der Waals surface area contributed by atoms with Crippen molar-refractivity contribution in [2.45, 2.75) is 77.2 Å². The molecule has 2 bridgehead atoms. The molecule has 39 heavy (non-hydrogen) atoms. The molecule has 4 rings (SSSR count). The van der Waals surface area contributed by atoms with Crippen LogP contribution in [0, 0.1) is 31.6 Å². The molecular weight excluding hydrogens is 496 g/mol. The van der Waals surface area contributed by atoms with Crippen LogP contribution in [0.5, 0.6) is 0 Å². The molecule has 1 aromatic carbocycles. The van der Waals surface area contributed by atoms with Crippen molar-refractivity contribution in [3.63, 3.8) is 0 Å². The monoisotopic (exact) mass is 538 g/mol. The van der Waals surface area contributed by atoms with Crippen LogP contribution in [0.25, 0.3) is 0 Å². The molecular formula is C31H42N2O6. The van der Waals surface area contributed by atoms with Crippen molar-refractivity contribution in [3.05, 3.63) is 54.6 Å². The maximum atomic E-state index is 14.8. The van der Waals surface area contributed by atoms with Crippen LogP contribution in [0.15, 0.2) is 43.5 Å². The second-order valence-corrected chi connectivity index (χ2v) is 11.8. The number of rotatable bonds is 11. The zero-order valence-corrected chi connectivity index (χ0v) is 23.8. The van der Waals surface area contributed by atoms with Gasteiger partial charge in [-0.05, 0) is 57.1 Å². The van der Waals surface area contributed by atoms with Gasteiger partial charge in [0.2, 0.25) is 5.91 Å². The van der Waals surface area contributed by atoms with E-state index in [4.69, 9.17) is 9.47 Å². The van der Waals surface area contributed by atoms with E-state index in [2.05, 4.69) is 13.2 Å². The van der Waals surface area contributed by atoms with Gasteiger partial charge in [-0.3, -0.25) is 14.4 Å². The van der Waals surface area contributed by atoms with Gasteiger partial charge in [-0.1, -0.05) is 50.8 Å². The minimum Gasteiger partial charge on any atom is -0.461 e. The van der Waals surface area contributed by atoms with Gasteiger partial charge in [-0.2, -0.15) is 0 Å². The average molecular weight is 539 g/mol. The first-order valence-corrected chi connectivity index (χ1v) is 13.9. The largest absolute Gasteiger partial charge is 0.461 e. The smallest absolute Gasteiger partial charge is 0.313 e. The minimum atomic E-state index is -1.21. The number of aliphatic hydroxyl groups excluding tert-OH is 1. The molecule has 6 atom stereocenters. The Bertz CT molecular complexity index is 1140. The number of aryl methyl sites for hydroxylation is 2. The van der Waals surface area contributed by atoms with E-state index in [9.17, 15) is 19.5 Å². The highest BCUT2D eigenvalue weighted by molar-refractivity contribution is 6.05. The summed E-state index contributed by atoms with van der Waals surface area (Å²) in [6.45, 7) is 17.2. The molecule has 3 aliphatic heterocycles. The molecule has 2 unspecified atom stereocenters. The van der Waals surface area contributed by atoms with Crippen molar-refractivity contribution in [2.75, 3.05) is 24.7 Å². The lowest BCUT2D eigenvalue weighted by Crippen LogP contribution is -2.59. The molecule has 1 spiro atoms. The Labute approximate surface area is 231 Å². The van der Waals surface area contributed by atoms with Gasteiger partial charge < -0.3 is 24.4 Å². The highest BCUT2D eigenvalue weighted by Crippen LogP contribution is 2.64. The lowest BCUT2D eigenvalue weighted by Gasteiger charge is -2.40. The van der Waals surface area contributed by atoms with Crippen molar-refractivity contribution < 1.29 is 29.0 Å². The van der Waals surface area contributed by atoms with E-state index in [0.29, 0.717) is 19.3 Å². The molecule has 8 nitrogen and oxygen atoms in total. The number of likely N-dealkylation sites (tertiary alicyclic amines) is 1. The summed E-state index contributed by atoms with van der Waals surface area (Å²) in [5.41, 5.74) is 0.467. The fourth-order valence-corrected chi connectivity index (χ4v) is 7.24. The molecule has 3 aliphatic rings. The number of aliphatic hydroxyl groups is 1. The first-order chi connectivity index (χ1) is 18.5. The summed E-state index contributed by atoms with van der Waals surface area (Å²) in [6, 6.07) is 4.23. The van der Waals surface area contributed by atoms with Crippen molar-refractivity contribution in [3.8, 4) is 0 Å². The molecule has 212 valence electrons. The van der Waals surface area contributed by atoms with E-state index in [1.54, 1.807) is 11.0 Å². The number of amides is 2. The van der Waals surface area contributed by atoms with Crippen molar-refractivity contribution >= 4 is 23.5 Å². The molecule has 1 N–H and O–H groups in total. The Kier molecular flexibility index (Phi) is 8.11. The van der Waals surface area contributed by atoms with Crippen LogP contribution < -0.4 is 4.90 Å². The van der Waals surface area contributed by atoms with Crippen LogP contribution in [-0.4, -0.2) is 70.8 Å². The first kappa shape index (κ1) is 29.0. The summed E-state index contributed by atoms with van der Waals surface area (Å²) in [5.74, 6) is -2.73. The van der Waals surface area contributed by atoms with Gasteiger partial charge in [0.05, 0.1) is 24.2 Å². The van der Waals surface area contributed by atoms with Crippen molar-refractivity contribution in [1.82, 2.24) is 4.90 Å². The Morgan fingerprint density at radius 2 is 1.90 bits per heavy atom. The molecule has 2 amide bonds. The van der Waals surface area contributed by atoms with Crippen LogP contribution in [0.1, 0.15) is 51.2 Å². The Morgan fingerprint density at radius 1 is 1.23 bits per heavy atom. The van der Waals surface area contributed by atoms with Gasteiger partial charge in [0, 0.05) is 12.2 Å². The van der Waals surface area contributed by atoms with Gasteiger partial charge >= 0.3 is 5.97 Å². The lowest BCUT2D eigenvalue weighted by atomic mass is 9.66. The van der Waals surface area contributed by atoms with Crippen LogP contribution in [-0.2, 0) is 23.9 Å². The molecule has 3 saturated heterocycles. The molecule has 0 aromatic heterocycles. The molecule has 8 heteroatoms. The summed E-state index contributed by atoms with van der Waals surface area (Å²) in [7, 11) is 0. The van der Waals surface area contributed by atoms with E-state index < -0.39 is 41.1 Å². The number of hydrogen-bond acceptors (Lipinski definition) is 6. The minimum absolute atomic E-state index is 0.0255. The molecule has 0 aliphatic carbocycles. The second-order valence-electron chi connectivity index (χ2n) is 11.8. The molecule has 3 fully saturated rings. The fourth-order valence-electron chi connectivity index (χ4n) is 7.24. The number of esters is 1. The predicted octanol–water partition coefficient (Wildman–Crippen LogP) is 3.72. The third-order valence-electron chi connectivity index (χ3n) is 8.68. The van der Waals surface area contributed by atoms with Crippen LogP contribution >= 0.6 is 0 Å². The van der Waals surface area contributed by atoms with E-state index >= 15 is 0 Å². The Balaban J connectivity index is 1.88. The zero-order chi connectivity index (χ0) is 28.7. The quantitative estimate of drug-likeness (QED) is 0.341. The van der Waals surface area contributed by atoms with E-state index in [1.807, 2.05) is 52.8 Å². The predicted molar refractivity (Wildman–Crippen MR) is 149 cm³/mol. The SMILES string of the molecule is C=CCOC(=O)[C@@H]1[C@H]2C(=O)N([C@@H](CO)CC(C)C)C(C(=O)N(CC=C)c3c(C)cccc3C)C23CC[C@@]1(C)O3. The van der Waals surface area contributed by atoms with Gasteiger partial charge in [0.15, 0.2) is 0 Å². The third-order valence-corrected chi connectivity index (χ3v) is 8.68. The van der Waals surface area contributed by atoms with Gasteiger partial charge in [0.25, 0.3) is 5.91 Å². The number of hydrogen-bond donors (Lipinski definition) is 1. The van der Waals surface area contributed by atoms with Crippen LogP contribution in [0.2, 0.25) is 0 Å². The van der Waals surface area contributed by atoms with Gasteiger partial charge in [-0.15, -0.1) is 6.58 Å². The lowest BCUT2D eigenvalue weighted by molar-refractivity contribution is -0.159. The van der Waals surface area contributed by atoms with Crippen molar-refractivity contribution in [1.29, 1.82) is 0 Å². The summed E-state index contributed by atoms with van der Waals surface area (Å²) in [5, 5.41) is 10.5. The topological polar surface area (TPSA) is 96.4 Å². The molecule has 1 aromatic rings. The highest BCUT2D eigenvalue weighted by Gasteiger charge is 2.79. The molecule has 3 heterocycles. The average Bonchev–Trinajstić information content (AvgIpc) is 3.45. The summed E-state index contributed by atoms with van der Waals surface area (Å²) in [4.78, 5) is 45.7. The van der Waals surface area contributed by atoms with E-state index in [-0.39, 0.29) is 37.5 Å². The normalized spacial score (nSPS) is 29.9. The summed E-state index contributed by atoms with van der Waals surface area (Å²) >= 11 is 0. The number of carbonyl (C=O) groups is 3. The first-order valence-electron chi connectivity index (χ1n) is 13.9.